The van der Waals surface area contributed by atoms with E-state index in [4.69, 9.17) is 22.8 Å². The Morgan fingerprint density at radius 1 is 1.89 bits per heavy atom. The van der Waals surface area contributed by atoms with Crippen LogP contribution < -0.4 is 11.3 Å². The minimum Gasteiger partial charge on any atom is -0.384 e. The average molecular weight is 166 g/mol. The molecule has 0 aromatic heterocycles. The van der Waals surface area contributed by atoms with Crippen LogP contribution in [0.1, 0.15) is 0 Å². The third-order valence-electron chi connectivity index (χ3n) is 0.638. The number of methoxy groups -OCH3 is 1. The molecular formula is C4H10N2OS2. The maximum Gasteiger partial charge on any atom is 0.147 e. The molecule has 0 rings (SSSR count). The van der Waals surface area contributed by atoms with Gasteiger partial charge in [0.15, 0.2) is 0 Å². The van der Waals surface area contributed by atoms with Gasteiger partial charge in [0, 0.05) is 12.9 Å². The zero-order valence-corrected chi connectivity index (χ0v) is 6.85. The molecule has 0 amide bonds. The van der Waals surface area contributed by atoms with Gasteiger partial charge in [-0.25, -0.2) is 5.84 Å². The topological polar surface area (TPSA) is 47.3 Å². The van der Waals surface area contributed by atoms with Crippen molar-refractivity contribution in [2.75, 3.05) is 19.5 Å². The molecule has 0 aromatic carbocycles. The summed E-state index contributed by atoms with van der Waals surface area (Å²) in [6.45, 7) is 0.701. The summed E-state index contributed by atoms with van der Waals surface area (Å²) in [6.07, 6.45) is 0. The first kappa shape index (κ1) is 9.16. The number of thiocarbonyl (C=S) groups is 1. The molecule has 0 atom stereocenters. The maximum absolute atomic E-state index is 5.00. The minimum absolute atomic E-state index is 0.604. The monoisotopic (exact) mass is 166 g/mol. The van der Waals surface area contributed by atoms with Gasteiger partial charge in [-0.15, -0.1) is 0 Å². The second kappa shape index (κ2) is 6.28. The summed E-state index contributed by atoms with van der Waals surface area (Å²) in [5.41, 5.74) is 2.36. The molecule has 0 heterocycles. The third-order valence-corrected chi connectivity index (χ3v) is 1.86. The highest BCUT2D eigenvalue weighted by Crippen LogP contribution is 1.98. The molecule has 3 nitrogen and oxygen atoms in total. The van der Waals surface area contributed by atoms with E-state index in [1.807, 2.05) is 0 Å². The van der Waals surface area contributed by atoms with Crippen molar-refractivity contribution in [1.29, 1.82) is 0 Å². The minimum atomic E-state index is 0.604. The summed E-state index contributed by atoms with van der Waals surface area (Å²) in [5, 5.41) is 0. The highest BCUT2D eigenvalue weighted by atomic mass is 32.2. The molecule has 0 aliphatic carbocycles. The SMILES string of the molecule is COCCSC(=S)NN. The van der Waals surface area contributed by atoms with E-state index in [1.54, 1.807) is 7.11 Å². The van der Waals surface area contributed by atoms with E-state index in [2.05, 4.69) is 5.43 Å². The average Bonchev–Trinajstić information content (AvgIpc) is 1.89. The molecule has 3 N–H and O–H groups in total. The van der Waals surface area contributed by atoms with Crippen LogP contribution >= 0.6 is 24.0 Å². The van der Waals surface area contributed by atoms with Gasteiger partial charge in [-0.3, -0.25) is 0 Å². The fourth-order valence-corrected chi connectivity index (χ4v) is 1.03. The van der Waals surface area contributed by atoms with Crippen molar-refractivity contribution in [2.45, 2.75) is 0 Å². The molecular weight excluding hydrogens is 156 g/mol. The number of ether oxygens (including phenoxy) is 1. The van der Waals surface area contributed by atoms with Crippen LogP contribution in [0.25, 0.3) is 0 Å². The van der Waals surface area contributed by atoms with Crippen molar-refractivity contribution in [3.63, 3.8) is 0 Å². The van der Waals surface area contributed by atoms with Crippen LogP contribution in [-0.2, 0) is 4.74 Å². The molecule has 0 saturated heterocycles. The van der Waals surface area contributed by atoms with Gasteiger partial charge in [-0.05, 0) is 0 Å². The van der Waals surface area contributed by atoms with Gasteiger partial charge in [-0.1, -0.05) is 24.0 Å². The van der Waals surface area contributed by atoms with Gasteiger partial charge in [0.2, 0.25) is 0 Å². The van der Waals surface area contributed by atoms with Gasteiger partial charge < -0.3 is 10.2 Å². The molecule has 0 fully saturated rings. The van der Waals surface area contributed by atoms with E-state index < -0.39 is 0 Å². The van der Waals surface area contributed by atoms with Crippen LogP contribution in [0.4, 0.5) is 0 Å². The molecule has 0 radical (unpaired) electrons. The van der Waals surface area contributed by atoms with Crippen molar-refractivity contribution < 1.29 is 4.74 Å². The van der Waals surface area contributed by atoms with Crippen LogP contribution in [0.15, 0.2) is 0 Å². The number of rotatable bonds is 3. The van der Waals surface area contributed by atoms with Crippen LogP contribution in [0.5, 0.6) is 0 Å². The molecule has 0 unspecified atom stereocenters. The van der Waals surface area contributed by atoms with E-state index in [-0.39, 0.29) is 0 Å². The molecule has 0 aromatic rings. The molecule has 0 spiro atoms. The van der Waals surface area contributed by atoms with Crippen molar-refractivity contribution in [1.82, 2.24) is 5.43 Å². The second-order valence-corrected chi connectivity index (χ2v) is 3.04. The van der Waals surface area contributed by atoms with Gasteiger partial charge in [0.25, 0.3) is 0 Å². The lowest BCUT2D eigenvalue weighted by Crippen LogP contribution is -2.26. The Hall–Kier alpha value is 0.160. The largest absolute Gasteiger partial charge is 0.384 e. The molecule has 0 bridgehead atoms. The Bertz CT molecular complexity index is 88.6. The Kier molecular flexibility index (Phi) is 6.39. The fraction of sp³-hybridized carbons (Fsp3) is 0.750. The first-order valence-electron chi connectivity index (χ1n) is 2.43. The number of nitrogens with two attached hydrogens (primary N) is 1. The lowest BCUT2D eigenvalue weighted by Gasteiger charge is -1.99. The van der Waals surface area contributed by atoms with Gasteiger partial charge >= 0.3 is 0 Å². The van der Waals surface area contributed by atoms with Crippen molar-refractivity contribution in [3.8, 4) is 0 Å². The van der Waals surface area contributed by atoms with Gasteiger partial charge in [0.1, 0.15) is 4.32 Å². The zero-order chi connectivity index (χ0) is 7.11. The summed E-state index contributed by atoms with van der Waals surface area (Å²) in [7, 11) is 1.65. The smallest absolute Gasteiger partial charge is 0.147 e. The highest BCUT2D eigenvalue weighted by molar-refractivity contribution is 8.22. The predicted octanol–water partition coefficient (Wildman–Crippen LogP) is 0.114. The van der Waals surface area contributed by atoms with Gasteiger partial charge in [-0.2, -0.15) is 0 Å². The van der Waals surface area contributed by atoms with Crippen LogP contribution in [-0.4, -0.2) is 23.8 Å². The molecule has 0 saturated carbocycles. The van der Waals surface area contributed by atoms with Crippen LogP contribution in [0.2, 0.25) is 0 Å². The number of hydrazine groups is 1. The quantitative estimate of drug-likeness (QED) is 0.270. The molecule has 5 heteroatoms. The predicted molar refractivity (Wildman–Crippen MR) is 44.3 cm³/mol. The van der Waals surface area contributed by atoms with E-state index in [9.17, 15) is 0 Å². The zero-order valence-electron chi connectivity index (χ0n) is 5.22. The van der Waals surface area contributed by atoms with Crippen molar-refractivity contribution >= 4 is 28.3 Å². The Labute approximate surface area is 64.3 Å². The Morgan fingerprint density at radius 2 is 2.56 bits per heavy atom. The third kappa shape index (κ3) is 6.04. The summed E-state index contributed by atoms with van der Waals surface area (Å²) >= 11 is 6.21. The number of thioether (sulfide) groups is 1. The molecule has 0 aliphatic heterocycles. The standard InChI is InChI=1S/C4H10N2OS2/c1-7-2-3-9-4(8)6-5/h2-3,5H2,1H3,(H,6,8). The first-order valence-corrected chi connectivity index (χ1v) is 3.83. The summed E-state index contributed by atoms with van der Waals surface area (Å²) in [5.74, 6) is 5.85. The molecule has 9 heavy (non-hydrogen) atoms. The first-order chi connectivity index (χ1) is 4.31. The number of hydrogen-bond acceptors (Lipinski definition) is 4. The van der Waals surface area contributed by atoms with E-state index in [1.165, 1.54) is 11.8 Å². The second-order valence-electron chi connectivity index (χ2n) is 1.27. The number of hydrogen-bond donors (Lipinski definition) is 2. The lowest BCUT2D eigenvalue weighted by molar-refractivity contribution is 0.219. The summed E-state index contributed by atoms with van der Waals surface area (Å²) in [4.78, 5) is 0. The van der Waals surface area contributed by atoms with E-state index >= 15 is 0 Å². The highest BCUT2D eigenvalue weighted by Gasteiger charge is 1.91. The number of nitrogens with one attached hydrogen (secondary N) is 1. The fourth-order valence-electron chi connectivity index (χ4n) is 0.259. The van der Waals surface area contributed by atoms with Crippen LogP contribution in [0, 0.1) is 0 Å². The molecule has 54 valence electrons. The maximum atomic E-state index is 5.00. The molecule has 0 aliphatic rings. The van der Waals surface area contributed by atoms with Crippen molar-refractivity contribution in [3.05, 3.63) is 0 Å². The van der Waals surface area contributed by atoms with E-state index in [0.29, 0.717) is 10.9 Å². The Balaban J connectivity index is 2.97. The normalized spacial score (nSPS) is 9.11. The van der Waals surface area contributed by atoms with Gasteiger partial charge in [0.05, 0.1) is 6.61 Å². The Morgan fingerprint density at radius 3 is 3.00 bits per heavy atom. The van der Waals surface area contributed by atoms with Crippen molar-refractivity contribution in [2.24, 2.45) is 5.84 Å². The van der Waals surface area contributed by atoms with Crippen LogP contribution in [0.3, 0.4) is 0 Å². The summed E-state index contributed by atoms with van der Waals surface area (Å²) < 4.78 is 5.39. The van der Waals surface area contributed by atoms with E-state index in [0.717, 1.165) is 5.75 Å². The lowest BCUT2D eigenvalue weighted by atomic mass is 10.9. The summed E-state index contributed by atoms with van der Waals surface area (Å²) in [6, 6.07) is 0.